The maximum absolute atomic E-state index is 13.4. The Labute approximate surface area is 377 Å². The van der Waals surface area contributed by atoms with E-state index in [1.807, 2.05) is 12.1 Å². The Morgan fingerprint density at radius 2 is 1.66 bits per heavy atom. The molecule has 1 atom stereocenters. The van der Waals surface area contributed by atoms with Crippen molar-refractivity contribution < 1.29 is 42.3 Å². The second-order valence-corrected chi connectivity index (χ2v) is 18.8. The lowest BCUT2D eigenvalue weighted by molar-refractivity contribution is -0.141. The SMILES string of the molecule is CC(CCC(=O)NC=O)N1C(=O)c2ccc(N3CCC4(CCC(CCN5CCC(N/C=C6/C=C(NC(=O)c7cccc(C(F)(F)F)n7)C(C(C)(C)O)=CC6=N)CC5)CC4)CC3)cc2C1=O. The van der Waals surface area contributed by atoms with Gasteiger partial charge < -0.3 is 30.9 Å². The fourth-order valence-electron chi connectivity index (χ4n) is 9.92. The van der Waals surface area contributed by atoms with Crippen LogP contribution in [0.3, 0.4) is 0 Å². The van der Waals surface area contributed by atoms with Gasteiger partial charge >= 0.3 is 6.18 Å². The van der Waals surface area contributed by atoms with Gasteiger partial charge in [-0.3, -0.25) is 34.2 Å². The number of anilines is 1. The summed E-state index contributed by atoms with van der Waals surface area (Å²) in [6.45, 7) is 9.46. The molecule has 5 aliphatic rings. The zero-order chi connectivity index (χ0) is 46.7. The van der Waals surface area contributed by atoms with Crippen molar-refractivity contribution in [2.75, 3.05) is 37.6 Å². The van der Waals surface area contributed by atoms with Crippen LogP contribution in [0.15, 0.2) is 71.6 Å². The molecule has 2 aliphatic carbocycles. The third kappa shape index (κ3) is 11.1. The Bertz CT molecular complexity index is 2270. The normalized spacial score (nSPS) is 21.0. The number of hydrogen-bond donors (Lipinski definition) is 5. The first-order valence-electron chi connectivity index (χ1n) is 22.6. The van der Waals surface area contributed by atoms with Gasteiger partial charge in [0.15, 0.2) is 0 Å². The molecule has 0 radical (unpaired) electrons. The fraction of sp³-hybridized carbons (Fsp3) is 0.521. The summed E-state index contributed by atoms with van der Waals surface area (Å²) in [7, 11) is 0. The minimum absolute atomic E-state index is 0.0307. The van der Waals surface area contributed by atoms with Crippen molar-refractivity contribution in [2.45, 2.75) is 115 Å². The molecule has 2 saturated heterocycles. The molecule has 5 N–H and O–H groups in total. The topological polar surface area (TPSA) is 188 Å². The molecule has 1 saturated carbocycles. The van der Waals surface area contributed by atoms with Crippen molar-refractivity contribution in [1.29, 1.82) is 5.41 Å². The number of alkyl halides is 3. The fourth-order valence-corrected chi connectivity index (χ4v) is 9.92. The van der Waals surface area contributed by atoms with Gasteiger partial charge in [-0.15, -0.1) is 0 Å². The number of imide groups is 2. The van der Waals surface area contributed by atoms with E-state index in [2.05, 4.69) is 30.7 Å². The van der Waals surface area contributed by atoms with Crippen LogP contribution in [-0.4, -0.2) is 106 Å². The maximum Gasteiger partial charge on any atom is 0.433 e. The van der Waals surface area contributed by atoms with Crippen LogP contribution in [-0.2, 0) is 15.8 Å². The smallest absolute Gasteiger partial charge is 0.388 e. The molecule has 5 amide bonds. The molecule has 348 valence electrons. The minimum Gasteiger partial charge on any atom is -0.388 e. The van der Waals surface area contributed by atoms with E-state index in [1.54, 1.807) is 25.3 Å². The summed E-state index contributed by atoms with van der Waals surface area (Å²) in [4.78, 5) is 71.5. The van der Waals surface area contributed by atoms with E-state index in [4.69, 9.17) is 5.41 Å². The van der Waals surface area contributed by atoms with E-state index >= 15 is 0 Å². The van der Waals surface area contributed by atoms with Crippen LogP contribution >= 0.6 is 0 Å². The van der Waals surface area contributed by atoms with E-state index < -0.39 is 41.0 Å². The summed E-state index contributed by atoms with van der Waals surface area (Å²) in [5.41, 5.74) is -0.0117. The third-order valence-corrected chi connectivity index (χ3v) is 14.0. The number of carbonyl (C=O) groups excluding carboxylic acids is 5. The van der Waals surface area contributed by atoms with Gasteiger partial charge in [-0.1, -0.05) is 6.07 Å². The van der Waals surface area contributed by atoms with Crippen LogP contribution in [0.4, 0.5) is 18.9 Å². The molecule has 14 nitrogen and oxygen atoms in total. The molecular formula is C48H59F3N8O6. The average molecular weight is 901 g/mol. The Kier molecular flexibility index (Phi) is 14.1. The molecule has 2 aromatic rings. The number of piperidine rings is 2. The highest BCUT2D eigenvalue weighted by Gasteiger charge is 2.41. The van der Waals surface area contributed by atoms with Gasteiger partial charge in [0.1, 0.15) is 11.4 Å². The first-order valence-corrected chi connectivity index (χ1v) is 22.6. The lowest BCUT2D eigenvalue weighted by Crippen LogP contribution is -2.43. The van der Waals surface area contributed by atoms with Gasteiger partial charge in [-0.25, -0.2) is 4.98 Å². The Balaban J connectivity index is 0.842. The van der Waals surface area contributed by atoms with Gasteiger partial charge in [-0.05, 0) is 145 Å². The Hall–Kier alpha value is -5.68. The number of nitrogens with one attached hydrogen (secondary N) is 4. The van der Waals surface area contributed by atoms with Gasteiger partial charge in [0, 0.05) is 73.4 Å². The molecule has 4 heterocycles. The summed E-state index contributed by atoms with van der Waals surface area (Å²) in [5.74, 6) is -1.33. The number of allylic oxidation sites excluding steroid dienone is 3. The molecule has 1 aromatic heterocycles. The van der Waals surface area contributed by atoms with Crippen LogP contribution in [0.25, 0.3) is 0 Å². The molecule has 1 aromatic carbocycles. The summed E-state index contributed by atoms with van der Waals surface area (Å²) >= 11 is 0. The lowest BCUT2D eigenvalue weighted by atomic mass is 9.65. The number of fused-ring (bicyclic) bond motifs is 1. The number of nitrogens with zero attached hydrogens (tertiary/aromatic N) is 4. The second kappa shape index (κ2) is 19.4. The molecule has 0 bridgehead atoms. The molecule has 7 rings (SSSR count). The van der Waals surface area contributed by atoms with E-state index in [9.17, 15) is 42.3 Å². The van der Waals surface area contributed by atoms with E-state index in [1.165, 1.54) is 56.6 Å². The number of amides is 5. The monoisotopic (exact) mass is 900 g/mol. The third-order valence-electron chi connectivity index (χ3n) is 14.0. The molecule has 3 aliphatic heterocycles. The number of halogens is 3. The molecule has 1 unspecified atom stereocenters. The zero-order valence-electron chi connectivity index (χ0n) is 37.2. The highest BCUT2D eigenvalue weighted by Crippen LogP contribution is 2.48. The predicted octanol–water partition coefficient (Wildman–Crippen LogP) is 6.29. The lowest BCUT2D eigenvalue weighted by Gasteiger charge is -2.47. The van der Waals surface area contributed by atoms with Crippen LogP contribution in [0.2, 0.25) is 0 Å². The van der Waals surface area contributed by atoms with E-state index in [0.717, 1.165) is 82.6 Å². The number of carbonyl (C=O) groups is 5. The predicted molar refractivity (Wildman–Crippen MR) is 238 cm³/mol. The van der Waals surface area contributed by atoms with Crippen LogP contribution in [0.1, 0.15) is 128 Å². The summed E-state index contributed by atoms with van der Waals surface area (Å²) < 4.78 is 39.8. The summed E-state index contributed by atoms with van der Waals surface area (Å²) in [6.07, 6.45) is 10.7. The van der Waals surface area contributed by atoms with Crippen molar-refractivity contribution in [1.82, 2.24) is 30.7 Å². The van der Waals surface area contributed by atoms with Crippen molar-refractivity contribution in [3.8, 4) is 0 Å². The van der Waals surface area contributed by atoms with Crippen molar-refractivity contribution in [3.63, 3.8) is 0 Å². The zero-order valence-corrected chi connectivity index (χ0v) is 37.2. The number of likely N-dealkylation sites (tertiary alicyclic amines) is 1. The first-order chi connectivity index (χ1) is 30.8. The second-order valence-electron chi connectivity index (χ2n) is 18.8. The van der Waals surface area contributed by atoms with Gasteiger partial charge in [-0.2, -0.15) is 13.2 Å². The van der Waals surface area contributed by atoms with Gasteiger partial charge in [0.2, 0.25) is 12.3 Å². The molecule has 1 spiro atoms. The number of benzene rings is 1. The summed E-state index contributed by atoms with van der Waals surface area (Å²) in [6, 6.07) is 8.29. The molecule has 17 heteroatoms. The van der Waals surface area contributed by atoms with Crippen molar-refractivity contribution in [2.24, 2.45) is 11.3 Å². The number of hydrogen-bond acceptors (Lipinski definition) is 11. The molecule has 3 fully saturated rings. The van der Waals surface area contributed by atoms with Crippen molar-refractivity contribution in [3.05, 3.63) is 94.1 Å². The number of aliphatic hydroxyl groups is 1. The Morgan fingerprint density at radius 1 is 0.969 bits per heavy atom. The van der Waals surface area contributed by atoms with Crippen molar-refractivity contribution >= 4 is 41.4 Å². The number of aromatic nitrogens is 1. The highest BCUT2D eigenvalue weighted by molar-refractivity contribution is 6.22. The molecular weight excluding hydrogens is 842 g/mol. The largest absolute Gasteiger partial charge is 0.433 e. The van der Waals surface area contributed by atoms with E-state index in [0.29, 0.717) is 34.4 Å². The van der Waals surface area contributed by atoms with E-state index in [-0.39, 0.29) is 47.7 Å². The quantitative estimate of drug-likeness (QED) is 0.107. The van der Waals surface area contributed by atoms with Crippen LogP contribution in [0, 0.1) is 16.7 Å². The Morgan fingerprint density at radius 3 is 2.32 bits per heavy atom. The van der Waals surface area contributed by atoms with Crippen LogP contribution < -0.4 is 20.9 Å². The number of pyridine rings is 1. The van der Waals surface area contributed by atoms with Crippen LogP contribution in [0.5, 0.6) is 0 Å². The minimum atomic E-state index is -4.72. The highest BCUT2D eigenvalue weighted by atomic mass is 19.4. The summed E-state index contributed by atoms with van der Waals surface area (Å²) in [5, 5.41) is 27.6. The van der Waals surface area contributed by atoms with Gasteiger partial charge in [0.05, 0.1) is 22.4 Å². The first kappa shape index (κ1) is 47.3. The van der Waals surface area contributed by atoms with Gasteiger partial charge in [0.25, 0.3) is 17.7 Å². The molecule has 65 heavy (non-hydrogen) atoms. The average Bonchev–Trinajstić information content (AvgIpc) is 3.53. The number of rotatable bonds is 14. The standard InChI is InChI=1S/C48H59F3N8O6/c1-30(7-10-42(61)54-29-60)59-44(63)35-9-8-34(26-36(35)45(59)64)58-23-18-47(19-24-58)16-11-31(12-17-47)13-20-57-21-14-33(15-22-57)53-28-32-25-40(37(27-38(32)52)46(2,3)65)56-43(62)39-5-4-6-41(55-39)48(49,50)51/h4-6,8-9,25-31,33,52-53,65H,7,10-24H2,1-3H3,(H,56,62)(H,54,60,61)/b32-28-,52-38?. The maximum atomic E-state index is 13.4.